The highest BCUT2D eigenvalue weighted by Crippen LogP contribution is 2.23. The van der Waals surface area contributed by atoms with E-state index in [-0.39, 0.29) is 0 Å². The van der Waals surface area contributed by atoms with Crippen LogP contribution in [0.1, 0.15) is 18.9 Å². The molecule has 0 bridgehead atoms. The first kappa shape index (κ1) is 12.5. The lowest BCUT2D eigenvalue weighted by molar-refractivity contribution is 0.548. The highest BCUT2D eigenvalue weighted by molar-refractivity contribution is 9.10. The maximum Gasteiger partial charge on any atom is 0.0484 e. The first-order valence-corrected chi connectivity index (χ1v) is 6.16. The Bertz CT molecular complexity index is 308. The fourth-order valence-electron chi connectivity index (χ4n) is 1.41. The van der Waals surface area contributed by atoms with Gasteiger partial charge in [-0.2, -0.15) is 0 Å². The number of nitrogens with two attached hydrogens (primary N) is 1. The van der Waals surface area contributed by atoms with Crippen LogP contribution < -0.4 is 11.1 Å². The summed E-state index contributed by atoms with van der Waals surface area (Å²) in [5, 5.41) is 3.42. The molecule has 15 heavy (non-hydrogen) atoms. The minimum Gasteiger partial charge on any atom is -0.384 e. The van der Waals surface area contributed by atoms with Crippen LogP contribution in [0, 0.1) is 12.8 Å². The van der Waals surface area contributed by atoms with Crippen molar-refractivity contribution in [3.05, 3.63) is 28.2 Å². The topological polar surface area (TPSA) is 38.0 Å². The maximum atomic E-state index is 5.66. The number of rotatable bonds is 5. The van der Waals surface area contributed by atoms with Crippen molar-refractivity contribution in [2.75, 3.05) is 18.4 Å². The van der Waals surface area contributed by atoms with Gasteiger partial charge in [-0.15, -0.1) is 0 Å². The Hall–Kier alpha value is -0.540. The lowest BCUT2D eigenvalue weighted by Gasteiger charge is -2.15. The largest absolute Gasteiger partial charge is 0.384 e. The summed E-state index contributed by atoms with van der Waals surface area (Å²) in [6.45, 7) is 5.94. The Kier molecular flexibility index (Phi) is 5.12. The lowest BCUT2D eigenvalue weighted by atomic mass is 10.1. The minimum absolute atomic E-state index is 0.554. The number of aryl methyl sites for hydroxylation is 1. The molecule has 1 atom stereocenters. The third-order valence-corrected chi connectivity index (χ3v) is 3.27. The van der Waals surface area contributed by atoms with Gasteiger partial charge >= 0.3 is 0 Å². The van der Waals surface area contributed by atoms with Gasteiger partial charge in [0.25, 0.3) is 0 Å². The molecule has 1 aromatic rings. The Labute approximate surface area is 100 Å². The van der Waals surface area contributed by atoms with Crippen LogP contribution in [0.5, 0.6) is 0 Å². The molecule has 1 aromatic carbocycles. The summed E-state index contributed by atoms with van der Waals surface area (Å²) in [5.74, 6) is 0.554. The highest BCUT2D eigenvalue weighted by Gasteiger charge is 2.04. The van der Waals surface area contributed by atoms with E-state index in [4.69, 9.17) is 5.73 Å². The van der Waals surface area contributed by atoms with Crippen LogP contribution in [-0.2, 0) is 0 Å². The fraction of sp³-hybridized carbons (Fsp3) is 0.500. The molecule has 84 valence electrons. The first-order chi connectivity index (χ1) is 7.17. The zero-order valence-corrected chi connectivity index (χ0v) is 11.0. The van der Waals surface area contributed by atoms with E-state index >= 15 is 0 Å². The molecular weight excluding hydrogens is 252 g/mol. The molecule has 0 fully saturated rings. The van der Waals surface area contributed by atoms with Crippen LogP contribution in [0.4, 0.5) is 5.69 Å². The third kappa shape index (κ3) is 3.84. The van der Waals surface area contributed by atoms with Gasteiger partial charge in [-0.05, 0) is 53.0 Å². The van der Waals surface area contributed by atoms with Crippen LogP contribution in [0.2, 0.25) is 0 Å². The second kappa shape index (κ2) is 6.13. The number of benzene rings is 1. The molecule has 0 saturated heterocycles. The number of halogens is 1. The number of hydrogen-bond acceptors (Lipinski definition) is 2. The van der Waals surface area contributed by atoms with E-state index < -0.39 is 0 Å². The summed E-state index contributed by atoms with van der Waals surface area (Å²) in [6, 6.07) is 6.32. The number of hydrogen-bond donors (Lipinski definition) is 2. The molecule has 0 aliphatic heterocycles. The average Bonchev–Trinajstić information content (AvgIpc) is 2.22. The molecule has 0 aromatic heterocycles. The molecule has 3 N–H and O–H groups in total. The Morgan fingerprint density at radius 2 is 2.20 bits per heavy atom. The van der Waals surface area contributed by atoms with E-state index in [0.717, 1.165) is 29.7 Å². The summed E-state index contributed by atoms with van der Waals surface area (Å²) in [5.41, 5.74) is 8.07. The van der Waals surface area contributed by atoms with Gasteiger partial charge in [0, 0.05) is 16.7 Å². The third-order valence-electron chi connectivity index (χ3n) is 2.62. The molecule has 2 nitrogen and oxygen atoms in total. The molecule has 0 aliphatic rings. The van der Waals surface area contributed by atoms with E-state index in [2.05, 4.69) is 53.3 Å². The lowest BCUT2D eigenvalue weighted by Crippen LogP contribution is -2.22. The van der Waals surface area contributed by atoms with Crippen molar-refractivity contribution in [1.82, 2.24) is 0 Å². The Morgan fingerprint density at radius 1 is 1.47 bits per heavy atom. The van der Waals surface area contributed by atoms with E-state index in [1.165, 1.54) is 5.56 Å². The van der Waals surface area contributed by atoms with Crippen molar-refractivity contribution in [2.24, 2.45) is 11.7 Å². The first-order valence-electron chi connectivity index (χ1n) is 5.37. The van der Waals surface area contributed by atoms with Crippen LogP contribution in [0.15, 0.2) is 22.7 Å². The van der Waals surface area contributed by atoms with E-state index in [1.807, 2.05) is 0 Å². The molecule has 3 heteroatoms. The summed E-state index contributed by atoms with van der Waals surface area (Å²) in [7, 11) is 0. The van der Waals surface area contributed by atoms with Gasteiger partial charge < -0.3 is 11.1 Å². The van der Waals surface area contributed by atoms with Crippen molar-refractivity contribution in [3.63, 3.8) is 0 Å². The molecule has 0 heterocycles. The predicted molar refractivity (Wildman–Crippen MR) is 70.2 cm³/mol. The standard InChI is InChI=1S/C12H19BrN2/c1-3-10(7-14)8-15-12-5-4-9(2)6-11(12)13/h4-6,10,15H,3,7-8,14H2,1-2H3. The minimum atomic E-state index is 0.554. The van der Waals surface area contributed by atoms with Crippen LogP contribution in [0.25, 0.3) is 0 Å². The van der Waals surface area contributed by atoms with E-state index in [9.17, 15) is 0 Å². The van der Waals surface area contributed by atoms with Gasteiger partial charge in [0.1, 0.15) is 0 Å². The Balaban J connectivity index is 2.57. The number of nitrogens with one attached hydrogen (secondary N) is 1. The molecule has 1 unspecified atom stereocenters. The van der Waals surface area contributed by atoms with Crippen molar-refractivity contribution in [1.29, 1.82) is 0 Å². The second-order valence-corrected chi connectivity index (χ2v) is 4.73. The smallest absolute Gasteiger partial charge is 0.0484 e. The summed E-state index contributed by atoms with van der Waals surface area (Å²) < 4.78 is 1.12. The van der Waals surface area contributed by atoms with E-state index in [1.54, 1.807) is 0 Å². The normalized spacial score (nSPS) is 12.5. The molecule has 0 amide bonds. The fourth-order valence-corrected chi connectivity index (χ4v) is 2.05. The zero-order valence-electron chi connectivity index (χ0n) is 9.39. The quantitative estimate of drug-likeness (QED) is 0.863. The van der Waals surface area contributed by atoms with Crippen LogP contribution >= 0.6 is 15.9 Å². The van der Waals surface area contributed by atoms with Crippen LogP contribution in [-0.4, -0.2) is 13.1 Å². The second-order valence-electron chi connectivity index (χ2n) is 3.87. The van der Waals surface area contributed by atoms with Crippen molar-refractivity contribution < 1.29 is 0 Å². The van der Waals surface area contributed by atoms with Gasteiger partial charge in [-0.1, -0.05) is 19.4 Å². The summed E-state index contributed by atoms with van der Waals surface area (Å²) in [4.78, 5) is 0. The van der Waals surface area contributed by atoms with E-state index in [0.29, 0.717) is 5.92 Å². The monoisotopic (exact) mass is 270 g/mol. The SMILES string of the molecule is CCC(CN)CNc1ccc(C)cc1Br. The Morgan fingerprint density at radius 3 is 2.73 bits per heavy atom. The molecular formula is C12H19BrN2. The van der Waals surface area contributed by atoms with Crippen LogP contribution in [0.3, 0.4) is 0 Å². The molecule has 0 aliphatic carbocycles. The van der Waals surface area contributed by atoms with Crippen molar-refractivity contribution in [3.8, 4) is 0 Å². The van der Waals surface area contributed by atoms with Crippen molar-refractivity contribution in [2.45, 2.75) is 20.3 Å². The van der Waals surface area contributed by atoms with Gasteiger partial charge in [0.15, 0.2) is 0 Å². The molecule has 0 spiro atoms. The molecule has 0 radical (unpaired) electrons. The van der Waals surface area contributed by atoms with Gasteiger partial charge in [0.2, 0.25) is 0 Å². The number of anilines is 1. The summed E-state index contributed by atoms with van der Waals surface area (Å²) >= 11 is 3.55. The maximum absolute atomic E-state index is 5.66. The van der Waals surface area contributed by atoms with Gasteiger partial charge in [-0.3, -0.25) is 0 Å². The molecule has 0 saturated carbocycles. The van der Waals surface area contributed by atoms with Crippen molar-refractivity contribution >= 4 is 21.6 Å². The molecule has 1 rings (SSSR count). The van der Waals surface area contributed by atoms with Gasteiger partial charge in [0.05, 0.1) is 0 Å². The van der Waals surface area contributed by atoms with Gasteiger partial charge in [-0.25, -0.2) is 0 Å². The predicted octanol–water partition coefficient (Wildman–Crippen LogP) is 3.15. The average molecular weight is 271 g/mol. The summed E-state index contributed by atoms with van der Waals surface area (Å²) in [6.07, 6.45) is 1.12. The zero-order chi connectivity index (χ0) is 11.3. The highest BCUT2D eigenvalue weighted by atomic mass is 79.9.